The average molecular weight is 352 g/mol. The molecular weight excluding hydrogens is 345 g/mol. The van der Waals surface area contributed by atoms with Gasteiger partial charge in [0, 0.05) is 16.7 Å². The number of nitrogens with zero attached hydrogens (tertiary/aromatic N) is 2. The second-order valence-electron chi connectivity index (χ2n) is 4.23. The zero-order chi connectivity index (χ0) is 15.1. The predicted octanol–water partition coefficient (Wildman–Crippen LogP) is 2.31. The molecule has 106 valence electrons. The Labute approximate surface area is 125 Å². The van der Waals surface area contributed by atoms with Crippen molar-refractivity contribution in [2.24, 2.45) is 0 Å². The van der Waals surface area contributed by atoms with Crippen LogP contribution < -0.4 is 5.43 Å². The maximum Gasteiger partial charge on any atom is 0.356 e. The van der Waals surface area contributed by atoms with E-state index >= 15 is 0 Å². The summed E-state index contributed by atoms with van der Waals surface area (Å²) in [4.78, 5) is 25.9. The number of carbonyl (C=O) groups is 1. The summed E-state index contributed by atoms with van der Waals surface area (Å²) < 4.78 is 15.5. The summed E-state index contributed by atoms with van der Waals surface area (Å²) in [7, 11) is 0. The van der Waals surface area contributed by atoms with Crippen LogP contribution in [0, 0.1) is 5.82 Å². The standard InChI is InChI=1S/C13H7BrFN3O3/c14-6-1-2-8(7(15)5-6)18-12(13(20)21)11-10(17-18)9(19)3-4-16-11/h1-5,16H,(H,20,21). The van der Waals surface area contributed by atoms with E-state index in [0.29, 0.717) is 4.47 Å². The van der Waals surface area contributed by atoms with Crippen LogP contribution in [0.15, 0.2) is 39.7 Å². The number of H-pyrrole nitrogens is 1. The van der Waals surface area contributed by atoms with Crippen LogP contribution in [0.2, 0.25) is 0 Å². The zero-order valence-corrected chi connectivity index (χ0v) is 11.9. The van der Waals surface area contributed by atoms with E-state index in [0.717, 1.165) is 4.68 Å². The van der Waals surface area contributed by atoms with Crippen molar-refractivity contribution in [2.75, 3.05) is 0 Å². The summed E-state index contributed by atoms with van der Waals surface area (Å²) in [5, 5.41) is 13.3. The molecule has 0 aliphatic heterocycles. The molecule has 21 heavy (non-hydrogen) atoms. The smallest absolute Gasteiger partial charge is 0.356 e. The van der Waals surface area contributed by atoms with Crippen LogP contribution in [-0.4, -0.2) is 25.8 Å². The lowest BCUT2D eigenvalue weighted by Gasteiger charge is -2.06. The Hall–Kier alpha value is -2.48. The summed E-state index contributed by atoms with van der Waals surface area (Å²) >= 11 is 3.12. The van der Waals surface area contributed by atoms with Gasteiger partial charge in [-0.1, -0.05) is 15.9 Å². The van der Waals surface area contributed by atoms with Crippen LogP contribution in [0.25, 0.3) is 16.7 Å². The van der Waals surface area contributed by atoms with E-state index in [-0.39, 0.29) is 22.4 Å². The Kier molecular flexibility index (Phi) is 3.09. The van der Waals surface area contributed by atoms with Crippen LogP contribution in [0.3, 0.4) is 0 Å². The largest absolute Gasteiger partial charge is 0.476 e. The van der Waals surface area contributed by atoms with Gasteiger partial charge in [0.2, 0.25) is 5.43 Å². The number of pyridine rings is 1. The Bertz CT molecular complexity index is 932. The summed E-state index contributed by atoms with van der Waals surface area (Å²) in [6.07, 6.45) is 1.32. The van der Waals surface area contributed by atoms with Gasteiger partial charge in [-0.25, -0.2) is 13.9 Å². The highest BCUT2D eigenvalue weighted by Gasteiger charge is 2.22. The molecule has 0 aliphatic rings. The van der Waals surface area contributed by atoms with Gasteiger partial charge in [0.1, 0.15) is 17.0 Å². The van der Waals surface area contributed by atoms with Crippen LogP contribution in [0.1, 0.15) is 10.5 Å². The van der Waals surface area contributed by atoms with E-state index in [1.54, 1.807) is 6.07 Å². The maximum absolute atomic E-state index is 14.0. The van der Waals surface area contributed by atoms with E-state index in [4.69, 9.17) is 0 Å². The number of benzene rings is 1. The number of aromatic amines is 1. The van der Waals surface area contributed by atoms with Crippen molar-refractivity contribution in [3.8, 4) is 5.69 Å². The van der Waals surface area contributed by atoms with E-state index < -0.39 is 17.2 Å². The molecule has 0 atom stereocenters. The molecule has 0 radical (unpaired) electrons. The van der Waals surface area contributed by atoms with Crippen LogP contribution in [-0.2, 0) is 0 Å². The van der Waals surface area contributed by atoms with Gasteiger partial charge >= 0.3 is 5.97 Å². The first kappa shape index (κ1) is 13.5. The quantitative estimate of drug-likeness (QED) is 0.741. The van der Waals surface area contributed by atoms with Crippen LogP contribution in [0.4, 0.5) is 4.39 Å². The second-order valence-corrected chi connectivity index (χ2v) is 5.14. The van der Waals surface area contributed by atoms with Crippen molar-refractivity contribution >= 4 is 32.9 Å². The number of carboxylic acid groups (broad SMARTS) is 1. The molecule has 1 aromatic carbocycles. The van der Waals surface area contributed by atoms with Crippen molar-refractivity contribution in [1.82, 2.24) is 14.8 Å². The number of hydrogen-bond acceptors (Lipinski definition) is 3. The number of aromatic carboxylic acids is 1. The topological polar surface area (TPSA) is 88.0 Å². The first-order chi connectivity index (χ1) is 9.99. The fourth-order valence-electron chi connectivity index (χ4n) is 2.03. The highest BCUT2D eigenvalue weighted by Crippen LogP contribution is 2.22. The summed E-state index contributed by atoms with van der Waals surface area (Å²) in [6, 6.07) is 5.35. The molecule has 0 saturated carbocycles. The lowest BCUT2D eigenvalue weighted by Crippen LogP contribution is -2.10. The highest BCUT2D eigenvalue weighted by atomic mass is 79.9. The van der Waals surface area contributed by atoms with Crippen molar-refractivity contribution in [1.29, 1.82) is 0 Å². The van der Waals surface area contributed by atoms with Gasteiger partial charge in [-0.05, 0) is 18.2 Å². The first-order valence-electron chi connectivity index (χ1n) is 5.78. The Morgan fingerprint density at radius 3 is 2.81 bits per heavy atom. The number of carboxylic acids is 1. The van der Waals surface area contributed by atoms with Gasteiger partial charge in [-0.3, -0.25) is 4.79 Å². The van der Waals surface area contributed by atoms with Gasteiger partial charge in [0.15, 0.2) is 11.2 Å². The second kappa shape index (κ2) is 4.81. The molecule has 0 saturated heterocycles. The van der Waals surface area contributed by atoms with Crippen molar-refractivity contribution in [2.45, 2.75) is 0 Å². The summed E-state index contributed by atoms with van der Waals surface area (Å²) in [5.74, 6) is -1.98. The third-order valence-electron chi connectivity index (χ3n) is 2.92. The predicted molar refractivity (Wildman–Crippen MR) is 76.3 cm³/mol. The summed E-state index contributed by atoms with van der Waals surface area (Å²) in [6.45, 7) is 0. The minimum Gasteiger partial charge on any atom is -0.476 e. The average Bonchev–Trinajstić information content (AvgIpc) is 2.79. The molecule has 0 aliphatic carbocycles. The van der Waals surface area contributed by atoms with E-state index in [1.807, 2.05) is 0 Å². The van der Waals surface area contributed by atoms with Crippen molar-refractivity contribution in [3.05, 3.63) is 56.7 Å². The van der Waals surface area contributed by atoms with Crippen molar-refractivity contribution < 1.29 is 14.3 Å². The highest BCUT2D eigenvalue weighted by molar-refractivity contribution is 9.10. The van der Waals surface area contributed by atoms with Crippen molar-refractivity contribution in [3.63, 3.8) is 0 Å². The third kappa shape index (κ3) is 2.13. The molecule has 6 nitrogen and oxygen atoms in total. The van der Waals surface area contributed by atoms with Crippen LogP contribution in [0.5, 0.6) is 0 Å². The zero-order valence-electron chi connectivity index (χ0n) is 10.3. The van der Waals surface area contributed by atoms with Gasteiger partial charge in [-0.15, -0.1) is 0 Å². The van der Waals surface area contributed by atoms with E-state index in [9.17, 15) is 19.1 Å². The monoisotopic (exact) mass is 351 g/mol. The summed E-state index contributed by atoms with van der Waals surface area (Å²) in [5.41, 5.74) is -0.805. The lowest BCUT2D eigenvalue weighted by molar-refractivity contribution is 0.0689. The molecule has 2 aromatic heterocycles. The molecule has 0 bridgehead atoms. The minimum atomic E-state index is -1.32. The Morgan fingerprint density at radius 1 is 1.38 bits per heavy atom. The van der Waals surface area contributed by atoms with Gasteiger partial charge in [0.05, 0.1) is 0 Å². The van der Waals surface area contributed by atoms with Crippen LogP contribution >= 0.6 is 15.9 Å². The minimum absolute atomic E-state index is 0.0531. The number of aromatic nitrogens is 3. The normalized spacial score (nSPS) is 11.0. The maximum atomic E-state index is 14.0. The molecule has 0 unspecified atom stereocenters. The molecule has 0 fully saturated rings. The fourth-order valence-corrected chi connectivity index (χ4v) is 2.36. The fraction of sp³-hybridized carbons (Fsp3) is 0. The van der Waals surface area contributed by atoms with Gasteiger partial charge in [-0.2, -0.15) is 5.10 Å². The number of nitrogens with one attached hydrogen (secondary N) is 1. The molecule has 0 spiro atoms. The molecular formula is C13H7BrFN3O3. The Morgan fingerprint density at radius 2 is 2.14 bits per heavy atom. The number of halogens is 2. The molecule has 3 aromatic rings. The van der Waals surface area contributed by atoms with E-state index in [1.165, 1.54) is 24.4 Å². The Balaban J connectivity index is 2.42. The molecule has 2 N–H and O–H groups in total. The molecule has 8 heteroatoms. The number of rotatable bonds is 2. The lowest BCUT2D eigenvalue weighted by atomic mass is 10.2. The van der Waals surface area contributed by atoms with Gasteiger partial charge < -0.3 is 10.1 Å². The van der Waals surface area contributed by atoms with E-state index in [2.05, 4.69) is 26.0 Å². The molecule has 3 rings (SSSR count). The first-order valence-corrected chi connectivity index (χ1v) is 6.57. The third-order valence-corrected chi connectivity index (χ3v) is 3.41. The molecule has 0 amide bonds. The number of hydrogen-bond donors (Lipinski definition) is 2. The molecule has 2 heterocycles. The SMILES string of the molecule is O=C(O)c1c2[nH]ccc(=O)c2nn1-c1ccc(Br)cc1F. The van der Waals surface area contributed by atoms with Gasteiger partial charge in [0.25, 0.3) is 0 Å². The number of fused-ring (bicyclic) bond motifs is 1.